The van der Waals surface area contributed by atoms with E-state index in [0.29, 0.717) is 17.3 Å². The number of aromatic nitrogens is 4. The van der Waals surface area contributed by atoms with Gasteiger partial charge in [0.1, 0.15) is 11.5 Å². The number of halogens is 2. The summed E-state index contributed by atoms with van der Waals surface area (Å²) < 4.78 is 16.0. The summed E-state index contributed by atoms with van der Waals surface area (Å²) in [7, 11) is 0. The van der Waals surface area contributed by atoms with Crippen LogP contribution in [0.15, 0.2) is 60.9 Å². The van der Waals surface area contributed by atoms with Crippen LogP contribution in [0.2, 0.25) is 5.02 Å². The van der Waals surface area contributed by atoms with E-state index in [1.165, 1.54) is 6.07 Å². The van der Waals surface area contributed by atoms with Gasteiger partial charge in [-0.25, -0.2) is 9.07 Å². The first kappa shape index (κ1) is 19.0. The van der Waals surface area contributed by atoms with E-state index in [1.807, 2.05) is 42.7 Å². The van der Waals surface area contributed by atoms with Crippen molar-refractivity contribution in [2.45, 2.75) is 31.8 Å². The second kappa shape index (κ2) is 8.05. The van der Waals surface area contributed by atoms with Gasteiger partial charge in [0, 0.05) is 34.4 Å². The Bertz CT molecular complexity index is 1160. The topological polar surface area (TPSA) is 58.5 Å². The van der Waals surface area contributed by atoms with Crippen LogP contribution in [0.5, 0.6) is 0 Å². The molecule has 0 radical (unpaired) electrons. The highest BCUT2D eigenvalue weighted by molar-refractivity contribution is 6.30. The fourth-order valence-corrected chi connectivity index (χ4v) is 4.27. The summed E-state index contributed by atoms with van der Waals surface area (Å²) in [5, 5.41) is 16.2. The molecule has 30 heavy (non-hydrogen) atoms. The Labute approximate surface area is 178 Å². The fraction of sp³-hybridized carbons (Fsp3) is 0.217. The molecule has 1 aliphatic carbocycles. The van der Waals surface area contributed by atoms with E-state index in [-0.39, 0.29) is 11.9 Å². The monoisotopic (exact) mass is 421 g/mol. The quantitative estimate of drug-likeness (QED) is 0.464. The maximum atomic E-state index is 14.3. The molecule has 0 unspecified atom stereocenters. The first-order valence-corrected chi connectivity index (χ1v) is 10.4. The number of rotatable bonds is 5. The normalized spacial score (nSPS) is 15.9. The van der Waals surface area contributed by atoms with Crippen LogP contribution in [0.1, 0.15) is 35.7 Å². The lowest BCUT2D eigenvalue weighted by atomic mass is 9.92. The van der Waals surface area contributed by atoms with Crippen LogP contribution >= 0.6 is 11.6 Å². The third kappa shape index (κ3) is 3.53. The van der Waals surface area contributed by atoms with Crippen molar-refractivity contribution in [3.05, 3.63) is 88.6 Å². The third-order valence-electron chi connectivity index (χ3n) is 5.65. The van der Waals surface area contributed by atoms with Gasteiger partial charge in [0.2, 0.25) is 0 Å². The molecule has 0 aliphatic heterocycles. The van der Waals surface area contributed by atoms with Gasteiger partial charge in [0.25, 0.3) is 0 Å². The fourth-order valence-electron chi connectivity index (χ4n) is 4.14. The molecule has 5 nitrogen and oxygen atoms in total. The van der Waals surface area contributed by atoms with E-state index in [0.717, 1.165) is 47.3 Å². The first-order chi connectivity index (χ1) is 14.7. The van der Waals surface area contributed by atoms with Crippen LogP contribution in [0.3, 0.4) is 0 Å². The highest BCUT2D eigenvalue weighted by atomic mass is 35.5. The van der Waals surface area contributed by atoms with E-state index < -0.39 is 0 Å². The summed E-state index contributed by atoms with van der Waals surface area (Å²) in [6.45, 7) is 0.670. The summed E-state index contributed by atoms with van der Waals surface area (Å²) in [4.78, 5) is 0. The zero-order chi connectivity index (χ0) is 20.5. The van der Waals surface area contributed by atoms with E-state index >= 15 is 0 Å². The van der Waals surface area contributed by atoms with Gasteiger partial charge in [-0.05, 0) is 49.1 Å². The summed E-state index contributed by atoms with van der Waals surface area (Å²) in [6, 6.07) is 14.7. The molecular weight excluding hydrogens is 401 g/mol. The Hall–Kier alpha value is -2.96. The van der Waals surface area contributed by atoms with Gasteiger partial charge in [-0.1, -0.05) is 35.9 Å². The van der Waals surface area contributed by atoms with Crippen molar-refractivity contribution in [2.24, 2.45) is 0 Å². The molecule has 0 bridgehead atoms. The van der Waals surface area contributed by atoms with E-state index in [2.05, 4.69) is 20.6 Å². The molecule has 0 amide bonds. The lowest BCUT2D eigenvalue weighted by Crippen LogP contribution is -2.25. The standard InChI is InChI=1S/C23H21ClFN5/c24-17-10-8-15(9-11-17)23-16(13-27-29-23)12-26-20-5-3-7-21-18(20)14-28-30(21)22-6-2-1-4-19(22)25/h1-2,4,6,8-11,13-14,20,26H,3,5,7,12H2,(H,27,29)/t20-/m0/s1. The molecule has 5 rings (SSSR count). The van der Waals surface area contributed by atoms with Gasteiger partial charge < -0.3 is 5.32 Å². The Morgan fingerprint density at radius 1 is 1.13 bits per heavy atom. The number of nitrogens with zero attached hydrogens (tertiary/aromatic N) is 3. The minimum atomic E-state index is -0.260. The molecule has 152 valence electrons. The largest absolute Gasteiger partial charge is 0.306 e. The predicted octanol–water partition coefficient (Wildman–Crippen LogP) is 5.22. The molecule has 7 heteroatoms. The Balaban J connectivity index is 1.37. The van der Waals surface area contributed by atoms with Crippen LogP contribution < -0.4 is 5.32 Å². The predicted molar refractivity (Wildman–Crippen MR) is 115 cm³/mol. The number of benzene rings is 2. The molecule has 1 atom stereocenters. The van der Waals surface area contributed by atoms with Crippen LogP contribution in [0.25, 0.3) is 16.9 Å². The van der Waals surface area contributed by atoms with Crippen LogP contribution in [0, 0.1) is 5.82 Å². The van der Waals surface area contributed by atoms with Gasteiger partial charge in [-0.15, -0.1) is 0 Å². The zero-order valence-electron chi connectivity index (χ0n) is 16.3. The lowest BCUT2D eigenvalue weighted by Gasteiger charge is -2.24. The van der Waals surface area contributed by atoms with Gasteiger partial charge in [0.05, 0.1) is 18.1 Å². The lowest BCUT2D eigenvalue weighted by molar-refractivity contribution is 0.454. The average Bonchev–Trinajstić information content (AvgIpc) is 3.40. The van der Waals surface area contributed by atoms with Gasteiger partial charge in [0.15, 0.2) is 0 Å². The molecule has 2 heterocycles. The van der Waals surface area contributed by atoms with E-state index in [4.69, 9.17) is 11.6 Å². The summed E-state index contributed by atoms with van der Waals surface area (Å²) >= 11 is 6.01. The van der Waals surface area contributed by atoms with Crippen molar-refractivity contribution in [3.63, 3.8) is 0 Å². The smallest absolute Gasteiger partial charge is 0.148 e. The molecule has 2 N–H and O–H groups in total. The van der Waals surface area contributed by atoms with Gasteiger partial charge in [-0.3, -0.25) is 5.10 Å². The molecule has 0 fully saturated rings. The maximum Gasteiger partial charge on any atom is 0.148 e. The van der Waals surface area contributed by atoms with E-state index in [1.54, 1.807) is 16.8 Å². The minimum absolute atomic E-state index is 0.169. The van der Waals surface area contributed by atoms with Crippen molar-refractivity contribution in [2.75, 3.05) is 0 Å². The molecule has 1 aliphatic rings. The Morgan fingerprint density at radius 2 is 1.97 bits per heavy atom. The summed E-state index contributed by atoms with van der Waals surface area (Å²) in [6.07, 6.45) is 6.66. The van der Waals surface area contributed by atoms with Crippen molar-refractivity contribution in [1.82, 2.24) is 25.3 Å². The second-order valence-electron chi connectivity index (χ2n) is 7.51. The molecule has 4 aromatic rings. The number of aromatic amines is 1. The highest BCUT2D eigenvalue weighted by Crippen LogP contribution is 2.32. The molecule has 0 spiro atoms. The highest BCUT2D eigenvalue weighted by Gasteiger charge is 2.25. The number of H-pyrrole nitrogens is 1. The Morgan fingerprint density at radius 3 is 2.80 bits per heavy atom. The number of para-hydroxylation sites is 1. The summed E-state index contributed by atoms with van der Waals surface area (Å²) in [5.41, 5.74) is 5.84. The van der Waals surface area contributed by atoms with Crippen molar-refractivity contribution in [1.29, 1.82) is 0 Å². The first-order valence-electron chi connectivity index (χ1n) is 10.0. The molecule has 2 aromatic heterocycles. The minimum Gasteiger partial charge on any atom is -0.306 e. The number of fused-ring (bicyclic) bond motifs is 1. The molecule has 0 saturated heterocycles. The Kier molecular flexibility index (Phi) is 5.11. The van der Waals surface area contributed by atoms with Crippen LogP contribution in [-0.4, -0.2) is 20.0 Å². The van der Waals surface area contributed by atoms with E-state index in [9.17, 15) is 4.39 Å². The maximum absolute atomic E-state index is 14.3. The third-order valence-corrected chi connectivity index (χ3v) is 5.91. The van der Waals surface area contributed by atoms with Crippen molar-refractivity contribution < 1.29 is 4.39 Å². The van der Waals surface area contributed by atoms with Crippen molar-refractivity contribution >= 4 is 11.6 Å². The summed E-state index contributed by atoms with van der Waals surface area (Å²) in [5.74, 6) is -0.260. The molecular formula is C23H21ClFN5. The van der Waals surface area contributed by atoms with Gasteiger partial charge in [-0.2, -0.15) is 10.2 Å². The SMILES string of the molecule is Fc1ccccc1-n1ncc2c1CCC[C@@H]2NCc1cn[nH]c1-c1ccc(Cl)cc1. The average molecular weight is 422 g/mol. The molecule has 2 aromatic carbocycles. The van der Waals surface area contributed by atoms with Crippen molar-refractivity contribution in [3.8, 4) is 16.9 Å². The second-order valence-corrected chi connectivity index (χ2v) is 7.95. The number of hydrogen-bond donors (Lipinski definition) is 2. The van der Waals surface area contributed by atoms with Gasteiger partial charge >= 0.3 is 0 Å². The zero-order valence-corrected chi connectivity index (χ0v) is 17.0. The van der Waals surface area contributed by atoms with Crippen LogP contribution in [-0.2, 0) is 13.0 Å². The number of nitrogens with one attached hydrogen (secondary N) is 2. The molecule has 0 saturated carbocycles. The number of hydrogen-bond acceptors (Lipinski definition) is 3. The van der Waals surface area contributed by atoms with Crippen LogP contribution in [0.4, 0.5) is 4.39 Å².